The van der Waals surface area contributed by atoms with Crippen LogP contribution in [0.4, 0.5) is 8.78 Å². The number of carbonyl (C=O) groups excluding carboxylic acids is 2. The van der Waals surface area contributed by atoms with Crippen LogP contribution in [0.2, 0.25) is 0 Å². The van der Waals surface area contributed by atoms with Crippen LogP contribution in [0.1, 0.15) is 56.1 Å². The molecule has 0 radical (unpaired) electrons. The summed E-state index contributed by atoms with van der Waals surface area (Å²) in [5.74, 6) is -1.35. The molecule has 6 nitrogen and oxygen atoms in total. The Morgan fingerprint density at radius 2 is 1.67 bits per heavy atom. The van der Waals surface area contributed by atoms with Gasteiger partial charge in [0.2, 0.25) is 5.91 Å². The lowest BCUT2D eigenvalue weighted by atomic mass is 10.1. The van der Waals surface area contributed by atoms with E-state index in [0.29, 0.717) is 19.6 Å². The number of benzene rings is 2. The fourth-order valence-electron chi connectivity index (χ4n) is 3.76. The van der Waals surface area contributed by atoms with Gasteiger partial charge in [-0.1, -0.05) is 49.6 Å². The van der Waals surface area contributed by atoms with Crippen LogP contribution in [-0.4, -0.2) is 50.1 Å². The van der Waals surface area contributed by atoms with Gasteiger partial charge in [0.15, 0.2) is 0 Å². The quantitative estimate of drug-likeness (QED) is 0.243. The largest absolute Gasteiger partial charge is 0.461 e. The molecule has 2 aromatic rings. The van der Waals surface area contributed by atoms with Crippen molar-refractivity contribution in [1.82, 2.24) is 10.2 Å². The van der Waals surface area contributed by atoms with E-state index in [2.05, 4.69) is 5.32 Å². The number of hydrogen-bond acceptors (Lipinski definition) is 5. The molecule has 0 bridgehead atoms. The van der Waals surface area contributed by atoms with Crippen LogP contribution in [0.5, 0.6) is 0 Å². The molecule has 0 aliphatic carbocycles. The number of rotatable bonds is 17. The lowest BCUT2D eigenvalue weighted by Crippen LogP contribution is -2.43. The number of nitrogens with one attached hydrogen (secondary N) is 1. The molecule has 0 heterocycles. The van der Waals surface area contributed by atoms with Gasteiger partial charge in [0.25, 0.3) is 0 Å². The molecule has 0 aliphatic rings. The minimum atomic E-state index is -0.477. The maximum atomic E-state index is 13.5. The number of nitrogens with zero attached hydrogens (tertiary/aromatic N) is 1. The summed E-state index contributed by atoms with van der Waals surface area (Å²) in [7, 11) is 3.79. The zero-order valence-electron chi connectivity index (χ0n) is 21.3. The fourth-order valence-corrected chi connectivity index (χ4v) is 3.76. The first kappa shape index (κ1) is 29.4. The summed E-state index contributed by atoms with van der Waals surface area (Å²) in [5.41, 5.74) is 1.14. The Bertz CT molecular complexity index is 925. The van der Waals surface area contributed by atoms with Gasteiger partial charge in [-0.05, 0) is 50.7 Å². The molecule has 1 amide bonds. The van der Waals surface area contributed by atoms with Crippen LogP contribution in [0.15, 0.2) is 48.5 Å². The number of hydrogen-bond donors (Lipinski definition) is 1. The highest BCUT2D eigenvalue weighted by molar-refractivity contribution is 5.77. The van der Waals surface area contributed by atoms with Gasteiger partial charge in [0.05, 0.1) is 19.1 Å². The van der Waals surface area contributed by atoms with Gasteiger partial charge in [-0.15, -0.1) is 0 Å². The molecule has 1 N–H and O–H groups in total. The molecule has 8 heteroatoms. The van der Waals surface area contributed by atoms with Crippen LogP contribution < -0.4 is 5.32 Å². The SMILES string of the molecule is CN(C)C[C@@H](CC(=O)OCc1ccccc1)NC(=O)CCCCCCCOCc1cc(F)ccc1F. The van der Waals surface area contributed by atoms with Gasteiger partial charge in [-0.3, -0.25) is 9.59 Å². The third kappa shape index (κ3) is 12.7. The molecule has 0 saturated heterocycles. The van der Waals surface area contributed by atoms with E-state index in [-0.39, 0.29) is 43.1 Å². The summed E-state index contributed by atoms with van der Waals surface area (Å²) in [6, 6.07) is 12.5. The second-order valence-corrected chi connectivity index (χ2v) is 9.18. The van der Waals surface area contributed by atoms with Crippen molar-refractivity contribution in [1.29, 1.82) is 0 Å². The molecule has 2 rings (SSSR count). The number of unbranched alkanes of at least 4 members (excludes halogenated alkanes) is 4. The van der Waals surface area contributed by atoms with Gasteiger partial charge in [0, 0.05) is 25.1 Å². The lowest BCUT2D eigenvalue weighted by Gasteiger charge is -2.22. The monoisotopic (exact) mass is 504 g/mol. The smallest absolute Gasteiger partial charge is 0.308 e. The number of esters is 1. The molecule has 0 fully saturated rings. The van der Waals surface area contributed by atoms with Crippen molar-refractivity contribution in [3.05, 3.63) is 71.3 Å². The zero-order valence-corrected chi connectivity index (χ0v) is 21.3. The summed E-state index contributed by atoms with van der Waals surface area (Å²) in [6.45, 7) is 1.29. The van der Waals surface area contributed by atoms with Crippen LogP contribution in [0, 0.1) is 11.6 Å². The lowest BCUT2D eigenvalue weighted by molar-refractivity contribution is -0.145. The first-order chi connectivity index (χ1) is 17.3. The van der Waals surface area contributed by atoms with Gasteiger partial charge in [-0.25, -0.2) is 8.78 Å². The minimum absolute atomic E-state index is 0.0533. The molecule has 0 spiro atoms. The molecule has 1 atom stereocenters. The van der Waals surface area contributed by atoms with E-state index in [1.807, 2.05) is 49.3 Å². The maximum absolute atomic E-state index is 13.5. The number of likely N-dealkylation sites (N-methyl/N-ethyl adjacent to an activating group) is 1. The Hall–Kier alpha value is -2.84. The first-order valence-electron chi connectivity index (χ1n) is 12.5. The van der Waals surface area contributed by atoms with E-state index in [1.165, 1.54) is 0 Å². The van der Waals surface area contributed by atoms with Gasteiger partial charge in [-0.2, -0.15) is 0 Å². The van der Waals surface area contributed by atoms with Gasteiger partial charge >= 0.3 is 5.97 Å². The Kier molecular flexibility index (Phi) is 13.7. The highest BCUT2D eigenvalue weighted by atomic mass is 19.1. The zero-order chi connectivity index (χ0) is 26.2. The summed E-state index contributed by atoms with van der Waals surface area (Å²) in [6.07, 6.45) is 4.90. The predicted octanol–water partition coefficient (Wildman–Crippen LogP) is 5.00. The highest BCUT2D eigenvalue weighted by Gasteiger charge is 2.18. The predicted molar refractivity (Wildman–Crippen MR) is 135 cm³/mol. The van der Waals surface area contributed by atoms with Crippen LogP contribution in [-0.2, 0) is 32.3 Å². The molecule has 0 aromatic heterocycles. The molecule has 0 unspecified atom stereocenters. The van der Waals surface area contributed by atoms with Crippen molar-refractivity contribution in [2.45, 2.75) is 64.2 Å². The van der Waals surface area contributed by atoms with E-state index in [9.17, 15) is 18.4 Å². The topological polar surface area (TPSA) is 67.9 Å². The van der Waals surface area contributed by atoms with Crippen molar-refractivity contribution in [3.8, 4) is 0 Å². The van der Waals surface area contributed by atoms with E-state index >= 15 is 0 Å². The van der Waals surface area contributed by atoms with E-state index < -0.39 is 11.6 Å². The molecule has 2 aromatic carbocycles. The molecule has 0 saturated carbocycles. The fraction of sp³-hybridized carbons (Fsp3) is 0.500. The second kappa shape index (κ2) is 16.8. The third-order valence-corrected chi connectivity index (χ3v) is 5.56. The minimum Gasteiger partial charge on any atom is -0.461 e. The van der Waals surface area contributed by atoms with E-state index in [0.717, 1.165) is 55.9 Å². The average molecular weight is 505 g/mol. The second-order valence-electron chi connectivity index (χ2n) is 9.18. The number of halogens is 2. The Morgan fingerprint density at radius 3 is 2.42 bits per heavy atom. The maximum Gasteiger partial charge on any atom is 0.308 e. The first-order valence-corrected chi connectivity index (χ1v) is 12.5. The molecular weight excluding hydrogens is 466 g/mol. The van der Waals surface area contributed by atoms with Crippen molar-refractivity contribution in [2.24, 2.45) is 0 Å². The molecule has 0 aliphatic heterocycles. The normalized spacial score (nSPS) is 11.9. The van der Waals surface area contributed by atoms with Gasteiger partial charge < -0.3 is 19.7 Å². The third-order valence-electron chi connectivity index (χ3n) is 5.56. The standard InChI is InChI=1S/C28H38F2N2O4/c1-32(2)19-25(18-28(34)36-20-22-11-7-6-8-12-22)31-27(33)13-9-4-3-5-10-16-35-21-23-17-24(29)14-15-26(23)30/h6-8,11-12,14-15,17,25H,3-5,9-10,13,16,18-21H2,1-2H3,(H,31,33)/t25-/m1/s1. The van der Waals surface area contributed by atoms with Crippen LogP contribution >= 0.6 is 0 Å². The van der Waals surface area contributed by atoms with Crippen molar-refractivity contribution in [3.63, 3.8) is 0 Å². The Balaban J connectivity index is 1.56. The summed E-state index contributed by atoms with van der Waals surface area (Å²) < 4.78 is 37.5. The summed E-state index contributed by atoms with van der Waals surface area (Å²) in [4.78, 5) is 26.6. The number of ether oxygens (including phenoxy) is 2. The number of carbonyl (C=O) groups is 2. The van der Waals surface area contributed by atoms with Crippen molar-refractivity contribution >= 4 is 11.9 Å². The van der Waals surface area contributed by atoms with Gasteiger partial charge in [0.1, 0.15) is 18.2 Å². The number of amides is 1. The molecule has 198 valence electrons. The Labute approximate surface area is 213 Å². The van der Waals surface area contributed by atoms with E-state index in [4.69, 9.17) is 9.47 Å². The average Bonchev–Trinajstić information content (AvgIpc) is 2.84. The summed E-state index contributed by atoms with van der Waals surface area (Å²) in [5, 5.41) is 2.96. The highest BCUT2D eigenvalue weighted by Crippen LogP contribution is 2.12. The molecule has 36 heavy (non-hydrogen) atoms. The van der Waals surface area contributed by atoms with E-state index in [1.54, 1.807) is 0 Å². The Morgan fingerprint density at radius 1 is 0.944 bits per heavy atom. The van der Waals surface area contributed by atoms with Crippen molar-refractivity contribution < 1.29 is 27.8 Å². The summed E-state index contributed by atoms with van der Waals surface area (Å²) >= 11 is 0. The van der Waals surface area contributed by atoms with Crippen molar-refractivity contribution in [2.75, 3.05) is 27.2 Å². The van der Waals surface area contributed by atoms with Crippen LogP contribution in [0.3, 0.4) is 0 Å². The van der Waals surface area contributed by atoms with Crippen LogP contribution in [0.25, 0.3) is 0 Å². The molecular formula is C28H38F2N2O4.